The Morgan fingerprint density at radius 2 is 1.80 bits per heavy atom. The van der Waals surface area contributed by atoms with Crippen LogP contribution in [0.5, 0.6) is 0 Å². The molecule has 2 rings (SSSR count). The van der Waals surface area contributed by atoms with Crippen LogP contribution < -0.4 is 0 Å². The van der Waals surface area contributed by atoms with Crippen LogP contribution in [0.2, 0.25) is 0 Å². The average molecular weight is 211 g/mol. The number of likely N-dealkylation sites (tertiary alicyclic amines) is 1. The van der Waals surface area contributed by atoms with Crippen molar-refractivity contribution < 1.29 is 14.7 Å². The summed E-state index contributed by atoms with van der Waals surface area (Å²) in [6.07, 6.45) is 5.46. The third kappa shape index (κ3) is 2.30. The summed E-state index contributed by atoms with van der Waals surface area (Å²) in [5.74, 6) is -0.391. The standard InChI is InChI=1S/C11H17NO3/c13-10(5-8-3-1-2-4-8)12-6-9(7-12)11(14)15/h8-9H,1-7H2,(H,14,15). The lowest BCUT2D eigenvalue weighted by atomic mass is 9.97. The van der Waals surface area contributed by atoms with Gasteiger partial charge in [0.25, 0.3) is 0 Å². The Bertz CT molecular complexity index is 265. The number of carboxylic acid groups (broad SMARTS) is 1. The molecule has 2 fully saturated rings. The molecule has 1 saturated carbocycles. The Hall–Kier alpha value is -1.06. The van der Waals surface area contributed by atoms with E-state index in [1.165, 1.54) is 25.7 Å². The van der Waals surface area contributed by atoms with Crippen molar-refractivity contribution in [1.29, 1.82) is 0 Å². The lowest BCUT2D eigenvalue weighted by Crippen LogP contribution is -2.53. The predicted molar refractivity (Wildman–Crippen MR) is 54.3 cm³/mol. The highest BCUT2D eigenvalue weighted by Gasteiger charge is 2.36. The van der Waals surface area contributed by atoms with Gasteiger partial charge in [0, 0.05) is 19.5 Å². The molecule has 0 radical (unpaired) electrons. The first-order valence-corrected chi connectivity index (χ1v) is 5.67. The van der Waals surface area contributed by atoms with E-state index < -0.39 is 5.97 Å². The van der Waals surface area contributed by atoms with Crippen molar-refractivity contribution in [3.8, 4) is 0 Å². The summed E-state index contributed by atoms with van der Waals surface area (Å²) in [4.78, 5) is 23.9. The second-order valence-electron chi connectivity index (χ2n) is 4.69. The smallest absolute Gasteiger partial charge is 0.310 e. The molecule has 1 amide bonds. The number of nitrogens with zero attached hydrogens (tertiary/aromatic N) is 1. The van der Waals surface area contributed by atoms with Gasteiger partial charge in [-0.1, -0.05) is 12.8 Å². The molecule has 0 bridgehead atoms. The summed E-state index contributed by atoms with van der Waals surface area (Å²) >= 11 is 0. The zero-order valence-electron chi connectivity index (χ0n) is 8.82. The number of hydrogen-bond donors (Lipinski definition) is 1. The lowest BCUT2D eigenvalue weighted by Gasteiger charge is -2.37. The molecule has 1 heterocycles. The van der Waals surface area contributed by atoms with E-state index in [0.717, 1.165) is 0 Å². The van der Waals surface area contributed by atoms with Crippen molar-refractivity contribution in [2.75, 3.05) is 13.1 Å². The Labute approximate surface area is 89.3 Å². The number of hydrogen-bond acceptors (Lipinski definition) is 2. The largest absolute Gasteiger partial charge is 0.481 e. The summed E-state index contributed by atoms with van der Waals surface area (Å²) in [7, 11) is 0. The van der Waals surface area contributed by atoms with Gasteiger partial charge in [-0.25, -0.2) is 0 Å². The highest BCUT2D eigenvalue weighted by molar-refractivity contribution is 5.81. The van der Waals surface area contributed by atoms with E-state index >= 15 is 0 Å². The van der Waals surface area contributed by atoms with Crippen LogP contribution in [-0.4, -0.2) is 35.0 Å². The van der Waals surface area contributed by atoms with Crippen LogP contribution in [0.25, 0.3) is 0 Å². The molecule has 0 spiro atoms. The molecule has 1 saturated heterocycles. The molecule has 1 N–H and O–H groups in total. The topological polar surface area (TPSA) is 57.6 Å². The molecule has 0 atom stereocenters. The van der Waals surface area contributed by atoms with Gasteiger partial charge < -0.3 is 10.0 Å². The zero-order valence-corrected chi connectivity index (χ0v) is 8.82. The molecule has 0 aromatic rings. The molecule has 0 aromatic heterocycles. The van der Waals surface area contributed by atoms with E-state index in [0.29, 0.717) is 25.4 Å². The van der Waals surface area contributed by atoms with E-state index in [4.69, 9.17) is 5.11 Å². The minimum Gasteiger partial charge on any atom is -0.481 e. The molecular weight excluding hydrogens is 194 g/mol. The van der Waals surface area contributed by atoms with Gasteiger partial charge in [-0.3, -0.25) is 9.59 Å². The fourth-order valence-corrected chi connectivity index (χ4v) is 2.43. The maximum Gasteiger partial charge on any atom is 0.310 e. The Morgan fingerprint density at radius 1 is 1.20 bits per heavy atom. The summed E-state index contributed by atoms with van der Waals surface area (Å²) < 4.78 is 0. The average Bonchev–Trinajstić information content (AvgIpc) is 2.52. The molecule has 1 aliphatic heterocycles. The van der Waals surface area contributed by atoms with Crippen LogP contribution in [-0.2, 0) is 9.59 Å². The van der Waals surface area contributed by atoms with E-state index in [1.54, 1.807) is 4.90 Å². The molecule has 2 aliphatic rings. The van der Waals surface area contributed by atoms with Crippen molar-refractivity contribution in [3.05, 3.63) is 0 Å². The van der Waals surface area contributed by atoms with Crippen LogP contribution in [0.4, 0.5) is 0 Å². The van der Waals surface area contributed by atoms with Gasteiger partial charge in [-0.15, -0.1) is 0 Å². The van der Waals surface area contributed by atoms with E-state index in [-0.39, 0.29) is 11.8 Å². The second kappa shape index (κ2) is 4.21. The van der Waals surface area contributed by atoms with Crippen LogP contribution in [0.15, 0.2) is 0 Å². The van der Waals surface area contributed by atoms with Crippen molar-refractivity contribution in [2.45, 2.75) is 32.1 Å². The minimum absolute atomic E-state index is 0.152. The minimum atomic E-state index is -0.778. The van der Waals surface area contributed by atoms with E-state index in [9.17, 15) is 9.59 Å². The van der Waals surface area contributed by atoms with E-state index in [1.807, 2.05) is 0 Å². The quantitative estimate of drug-likeness (QED) is 0.760. The molecule has 0 unspecified atom stereocenters. The Kier molecular flexibility index (Phi) is 2.93. The van der Waals surface area contributed by atoms with Gasteiger partial charge in [0.05, 0.1) is 5.92 Å². The number of carboxylic acids is 1. The highest BCUT2D eigenvalue weighted by Crippen LogP contribution is 2.29. The second-order valence-corrected chi connectivity index (χ2v) is 4.69. The molecule has 15 heavy (non-hydrogen) atoms. The van der Waals surface area contributed by atoms with Gasteiger partial charge in [0.2, 0.25) is 5.91 Å². The summed E-state index contributed by atoms with van der Waals surface area (Å²) in [6.45, 7) is 0.835. The first-order valence-electron chi connectivity index (χ1n) is 5.67. The first kappa shape index (κ1) is 10.5. The summed E-state index contributed by atoms with van der Waals surface area (Å²) in [5, 5.41) is 8.68. The first-order chi connectivity index (χ1) is 7.16. The number of amides is 1. The van der Waals surface area contributed by atoms with Crippen LogP contribution >= 0.6 is 0 Å². The fraction of sp³-hybridized carbons (Fsp3) is 0.818. The molecule has 84 valence electrons. The van der Waals surface area contributed by atoms with Crippen LogP contribution in [0.1, 0.15) is 32.1 Å². The third-order valence-electron chi connectivity index (χ3n) is 3.52. The molecule has 0 aromatic carbocycles. The maximum absolute atomic E-state index is 11.7. The van der Waals surface area contributed by atoms with E-state index in [2.05, 4.69) is 0 Å². The molecular formula is C11H17NO3. The van der Waals surface area contributed by atoms with Crippen molar-refractivity contribution in [2.24, 2.45) is 11.8 Å². The highest BCUT2D eigenvalue weighted by atomic mass is 16.4. The predicted octanol–water partition coefficient (Wildman–Crippen LogP) is 1.11. The van der Waals surface area contributed by atoms with Gasteiger partial charge in [-0.2, -0.15) is 0 Å². The Morgan fingerprint density at radius 3 is 2.33 bits per heavy atom. The maximum atomic E-state index is 11.7. The van der Waals surface area contributed by atoms with Crippen molar-refractivity contribution in [1.82, 2.24) is 4.90 Å². The van der Waals surface area contributed by atoms with Crippen LogP contribution in [0.3, 0.4) is 0 Å². The van der Waals surface area contributed by atoms with Crippen molar-refractivity contribution in [3.63, 3.8) is 0 Å². The number of carbonyl (C=O) groups excluding carboxylic acids is 1. The number of aliphatic carboxylic acids is 1. The Balaban J connectivity index is 1.71. The molecule has 1 aliphatic carbocycles. The van der Waals surface area contributed by atoms with Gasteiger partial charge in [0.1, 0.15) is 0 Å². The third-order valence-corrected chi connectivity index (χ3v) is 3.52. The van der Waals surface area contributed by atoms with Gasteiger partial charge in [0.15, 0.2) is 0 Å². The monoisotopic (exact) mass is 211 g/mol. The zero-order chi connectivity index (χ0) is 10.8. The molecule has 4 heteroatoms. The summed E-state index contributed by atoms with van der Waals surface area (Å²) in [5.41, 5.74) is 0. The fourth-order valence-electron chi connectivity index (χ4n) is 2.43. The van der Waals surface area contributed by atoms with Crippen LogP contribution in [0, 0.1) is 11.8 Å². The number of carbonyl (C=O) groups is 2. The molecule has 4 nitrogen and oxygen atoms in total. The normalized spacial score (nSPS) is 22.8. The van der Waals surface area contributed by atoms with Crippen molar-refractivity contribution >= 4 is 11.9 Å². The lowest BCUT2D eigenvalue weighted by molar-refractivity contribution is -0.153. The summed E-state index contributed by atoms with van der Waals surface area (Å²) in [6, 6.07) is 0. The van der Waals surface area contributed by atoms with Gasteiger partial charge in [-0.05, 0) is 18.8 Å². The number of rotatable bonds is 3. The SMILES string of the molecule is O=C(O)C1CN(C(=O)CC2CCCC2)C1. The van der Waals surface area contributed by atoms with Gasteiger partial charge >= 0.3 is 5.97 Å².